The number of nitro benzene ring substituents is 1. The van der Waals surface area contributed by atoms with E-state index in [1.807, 2.05) is 12.1 Å². The number of ether oxygens (including phenoxy) is 2. The molecule has 1 heterocycles. The van der Waals surface area contributed by atoms with Gasteiger partial charge < -0.3 is 14.6 Å². The Morgan fingerprint density at radius 1 is 1.12 bits per heavy atom. The number of thioether (sulfide) groups is 1. The van der Waals surface area contributed by atoms with Crippen LogP contribution in [-0.2, 0) is 16.1 Å². The third kappa shape index (κ3) is 7.47. The molecule has 0 unspecified atom stereocenters. The number of nitro groups is 1. The number of hydrogen-bond acceptors (Lipinski definition) is 8. The van der Waals surface area contributed by atoms with Gasteiger partial charge in [-0.3, -0.25) is 14.9 Å². The minimum atomic E-state index is -0.805. The SMILES string of the molecule is CCOC(=O)C1=C(O)/C(=C/c2cc(I)c(OCc3cccc([N+](=O)[O-])c3)c(I)c2)SC1=NC(=O)c1ccccc1Cl. The van der Waals surface area contributed by atoms with E-state index >= 15 is 0 Å². The number of aliphatic imine (C=N–C) groups is 1. The maximum atomic E-state index is 12.9. The van der Waals surface area contributed by atoms with Gasteiger partial charge in [-0.2, -0.15) is 0 Å². The first kappa shape index (κ1) is 31.0. The predicted octanol–water partition coefficient (Wildman–Crippen LogP) is 7.74. The number of rotatable bonds is 8. The van der Waals surface area contributed by atoms with Crippen molar-refractivity contribution in [1.82, 2.24) is 0 Å². The molecule has 0 aliphatic carbocycles. The van der Waals surface area contributed by atoms with Crippen molar-refractivity contribution >= 4 is 97.2 Å². The molecule has 3 aromatic rings. The fourth-order valence-corrected chi connectivity index (χ4v) is 7.00. The minimum absolute atomic E-state index is 0.00146. The van der Waals surface area contributed by atoms with Crippen molar-refractivity contribution in [3.63, 3.8) is 0 Å². The maximum Gasteiger partial charge on any atom is 0.344 e. The van der Waals surface area contributed by atoms with Gasteiger partial charge in [0.15, 0.2) is 0 Å². The van der Waals surface area contributed by atoms with Gasteiger partial charge in [-0.1, -0.05) is 47.6 Å². The molecule has 0 saturated heterocycles. The molecule has 0 saturated carbocycles. The summed E-state index contributed by atoms with van der Waals surface area (Å²) in [6.07, 6.45) is 1.66. The largest absolute Gasteiger partial charge is 0.506 e. The highest BCUT2D eigenvalue weighted by molar-refractivity contribution is 14.1. The summed E-state index contributed by atoms with van der Waals surface area (Å²) in [6, 6.07) is 16.3. The predicted molar refractivity (Wildman–Crippen MR) is 174 cm³/mol. The molecule has 0 spiro atoms. The third-order valence-electron chi connectivity index (χ3n) is 5.50. The second kappa shape index (κ2) is 13.8. The zero-order valence-corrected chi connectivity index (χ0v) is 27.0. The van der Waals surface area contributed by atoms with Crippen LogP contribution in [0.1, 0.15) is 28.4 Å². The zero-order chi connectivity index (χ0) is 29.7. The first-order valence-corrected chi connectivity index (χ1v) is 15.2. The molecule has 0 aromatic heterocycles. The van der Waals surface area contributed by atoms with Crippen molar-refractivity contribution < 1.29 is 29.1 Å². The molecule has 1 aliphatic rings. The summed E-state index contributed by atoms with van der Waals surface area (Å²) >= 11 is 11.3. The van der Waals surface area contributed by atoms with Crippen molar-refractivity contribution in [2.45, 2.75) is 13.5 Å². The highest BCUT2D eigenvalue weighted by Gasteiger charge is 2.34. The average molecular weight is 817 g/mol. The molecule has 3 aromatic carbocycles. The number of benzene rings is 3. The Morgan fingerprint density at radius 2 is 1.83 bits per heavy atom. The van der Waals surface area contributed by atoms with Gasteiger partial charge in [0.05, 0.1) is 34.2 Å². The maximum absolute atomic E-state index is 12.9. The van der Waals surface area contributed by atoms with Gasteiger partial charge in [0, 0.05) is 12.1 Å². The van der Waals surface area contributed by atoms with Crippen LogP contribution < -0.4 is 4.74 Å². The Kier molecular flexibility index (Phi) is 10.4. The van der Waals surface area contributed by atoms with Crippen LogP contribution in [-0.4, -0.2) is 33.6 Å². The van der Waals surface area contributed by atoms with E-state index in [4.69, 9.17) is 21.1 Å². The van der Waals surface area contributed by atoms with Crippen molar-refractivity contribution in [1.29, 1.82) is 0 Å². The fourth-order valence-electron chi connectivity index (χ4n) is 3.65. The zero-order valence-electron chi connectivity index (χ0n) is 21.1. The van der Waals surface area contributed by atoms with Gasteiger partial charge in [-0.25, -0.2) is 9.79 Å². The lowest BCUT2D eigenvalue weighted by Gasteiger charge is -2.12. The van der Waals surface area contributed by atoms with Gasteiger partial charge in [-0.15, -0.1) is 0 Å². The summed E-state index contributed by atoms with van der Waals surface area (Å²) in [6.45, 7) is 1.83. The highest BCUT2D eigenvalue weighted by Crippen LogP contribution is 2.40. The van der Waals surface area contributed by atoms with Crippen LogP contribution >= 0.6 is 68.5 Å². The average Bonchev–Trinajstić information content (AvgIpc) is 3.22. The van der Waals surface area contributed by atoms with Crippen LogP contribution in [0.15, 0.2) is 81.9 Å². The lowest BCUT2D eigenvalue weighted by Crippen LogP contribution is -2.14. The van der Waals surface area contributed by atoms with E-state index in [-0.39, 0.29) is 45.9 Å². The number of carbonyl (C=O) groups is 2. The third-order valence-corrected chi connectivity index (χ3v) is 8.45. The van der Waals surface area contributed by atoms with Crippen molar-refractivity contribution in [3.8, 4) is 5.75 Å². The van der Waals surface area contributed by atoms with E-state index in [0.717, 1.165) is 18.9 Å². The van der Waals surface area contributed by atoms with E-state index < -0.39 is 16.8 Å². The molecule has 0 fully saturated rings. The lowest BCUT2D eigenvalue weighted by molar-refractivity contribution is -0.384. The Hall–Kier alpha value is -2.95. The molecule has 9 nitrogen and oxygen atoms in total. The second-order valence-corrected chi connectivity index (χ2v) is 12.0. The molecule has 1 amide bonds. The number of aliphatic hydroxyl groups excluding tert-OH is 1. The smallest absolute Gasteiger partial charge is 0.344 e. The molecular formula is C28H19ClI2N2O7S. The van der Waals surface area contributed by atoms with Crippen molar-refractivity contribution in [2.75, 3.05) is 6.61 Å². The number of aliphatic hydroxyl groups is 1. The summed E-state index contributed by atoms with van der Waals surface area (Å²) in [7, 11) is 0. The fraction of sp³-hybridized carbons (Fsp3) is 0.107. The lowest BCUT2D eigenvalue weighted by atomic mass is 10.1. The normalized spacial score (nSPS) is 14.9. The summed E-state index contributed by atoms with van der Waals surface area (Å²) in [5, 5.41) is 22.2. The summed E-state index contributed by atoms with van der Waals surface area (Å²) in [4.78, 5) is 40.5. The van der Waals surface area contributed by atoms with Gasteiger partial charge in [0.1, 0.15) is 28.7 Å². The van der Waals surface area contributed by atoms with Crippen LogP contribution in [0.3, 0.4) is 0 Å². The molecule has 210 valence electrons. The Bertz CT molecular complexity index is 1630. The first-order valence-electron chi connectivity index (χ1n) is 11.8. The standard InChI is InChI=1S/C28H19ClI2N2O7S/c1-2-39-28(36)23-24(34)22(41-27(23)32-26(35)18-8-3-4-9-19(18)29)13-16-11-20(30)25(21(31)12-16)40-14-15-6-5-7-17(10-15)33(37)38/h3-13,34H,2,14H2,1H3/b22-13-,32-27?. The number of hydrogen-bond donors (Lipinski definition) is 1. The number of carbonyl (C=O) groups excluding carboxylic acids is 2. The van der Waals surface area contributed by atoms with Crippen LogP contribution in [0.25, 0.3) is 6.08 Å². The van der Waals surface area contributed by atoms with Crippen LogP contribution in [0.4, 0.5) is 5.69 Å². The van der Waals surface area contributed by atoms with E-state index in [1.165, 1.54) is 18.2 Å². The molecule has 1 N–H and O–H groups in total. The minimum Gasteiger partial charge on any atom is -0.506 e. The monoisotopic (exact) mass is 816 g/mol. The van der Waals surface area contributed by atoms with E-state index in [1.54, 1.807) is 43.3 Å². The molecule has 13 heteroatoms. The summed E-state index contributed by atoms with van der Waals surface area (Å²) in [5.74, 6) is -1.22. The van der Waals surface area contributed by atoms with E-state index in [2.05, 4.69) is 50.2 Å². The molecular weight excluding hydrogens is 798 g/mol. The van der Waals surface area contributed by atoms with E-state index in [0.29, 0.717) is 21.8 Å². The summed E-state index contributed by atoms with van der Waals surface area (Å²) < 4.78 is 12.6. The van der Waals surface area contributed by atoms with Crippen LogP contribution in [0.2, 0.25) is 5.02 Å². The van der Waals surface area contributed by atoms with Crippen LogP contribution in [0, 0.1) is 17.3 Å². The van der Waals surface area contributed by atoms with Gasteiger partial charge in [0.2, 0.25) is 0 Å². The second-order valence-electron chi connectivity index (χ2n) is 8.29. The molecule has 1 aliphatic heterocycles. The Balaban J connectivity index is 1.62. The van der Waals surface area contributed by atoms with Gasteiger partial charge in [-0.05, 0) is 93.6 Å². The molecule has 41 heavy (non-hydrogen) atoms. The molecule has 0 atom stereocenters. The number of non-ortho nitro benzene ring substituents is 1. The van der Waals surface area contributed by atoms with Crippen molar-refractivity contribution in [3.05, 3.63) is 116 Å². The van der Waals surface area contributed by atoms with Crippen LogP contribution in [0.5, 0.6) is 5.75 Å². The highest BCUT2D eigenvalue weighted by atomic mass is 127. The number of amides is 1. The van der Waals surface area contributed by atoms with Gasteiger partial charge in [0.25, 0.3) is 11.6 Å². The quantitative estimate of drug-likeness (QED) is 0.106. The number of esters is 1. The first-order chi connectivity index (χ1) is 19.6. The molecule has 0 bridgehead atoms. The molecule has 0 radical (unpaired) electrons. The molecule has 4 rings (SSSR count). The van der Waals surface area contributed by atoms with Crippen molar-refractivity contribution in [2.24, 2.45) is 4.99 Å². The Labute approximate surface area is 271 Å². The summed E-state index contributed by atoms with van der Waals surface area (Å²) in [5.41, 5.74) is 1.28. The Morgan fingerprint density at radius 3 is 2.49 bits per heavy atom. The number of halogens is 3. The number of nitrogens with zero attached hydrogens (tertiary/aromatic N) is 2. The van der Waals surface area contributed by atoms with Gasteiger partial charge >= 0.3 is 5.97 Å². The van der Waals surface area contributed by atoms with E-state index in [9.17, 15) is 24.8 Å². The topological polar surface area (TPSA) is 128 Å².